The van der Waals surface area contributed by atoms with Crippen molar-refractivity contribution in [3.63, 3.8) is 0 Å². The number of aryl methyl sites for hydroxylation is 1. The molecule has 1 aromatic heterocycles. The number of benzene rings is 2. The van der Waals surface area contributed by atoms with Crippen LogP contribution in [0.15, 0.2) is 54.6 Å². The molecule has 6 nitrogen and oxygen atoms in total. The van der Waals surface area contributed by atoms with Crippen LogP contribution in [0.5, 0.6) is 0 Å². The first kappa shape index (κ1) is 25.2. The average molecular weight is 494 g/mol. The van der Waals surface area contributed by atoms with E-state index in [2.05, 4.69) is 21.4 Å². The highest BCUT2D eigenvalue weighted by Gasteiger charge is 2.38. The summed E-state index contributed by atoms with van der Waals surface area (Å²) in [6.45, 7) is 2.81. The molecule has 0 radical (unpaired) electrons. The van der Waals surface area contributed by atoms with Gasteiger partial charge in [-0.2, -0.15) is 18.4 Å². The zero-order chi connectivity index (χ0) is 25.7. The van der Waals surface area contributed by atoms with Crippen molar-refractivity contribution in [2.75, 3.05) is 18.0 Å². The average Bonchev–Trinajstić information content (AvgIpc) is 3.39. The second-order valence-electron chi connectivity index (χ2n) is 8.68. The highest BCUT2D eigenvalue weighted by atomic mass is 19.4. The Morgan fingerprint density at radius 1 is 1.11 bits per heavy atom. The van der Waals surface area contributed by atoms with Gasteiger partial charge in [0, 0.05) is 24.7 Å². The Morgan fingerprint density at radius 2 is 1.81 bits per heavy atom. The van der Waals surface area contributed by atoms with Crippen molar-refractivity contribution in [2.45, 2.75) is 44.8 Å². The number of rotatable bonds is 7. The number of carbonyl (C=O) groups is 1. The van der Waals surface area contributed by atoms with Crippen LogP contribution >= 0.6 is 0 Å². The molecular weight excluding hydrogens is 467 g/mol. The Bertz CT molecular complexity index is 1250. The van der Waals surface area contributed by atoms with Crippen LogP contribution in [0.1, 0.15) is 42.3 Å². The molecule has 0 bridgehead atoms. The number of hydrogen-bond acceptors (Lipinski definition) is 5. The predicted octanol–water partition coefficient (Wildman–Crippen LogP) is 4.92. The number of nitriles is 1. The van der Waals surface area contributed by atoms with Crippen molar-refractivity contribution in [2.24, 2.45) is 0 Å². The van der Waals surface area contributed by atoms with E-state index in [9.17, 15) is 18.0 Å². The molecule has 1 aliphatic rings. The fourth-order valence-corrected chi connectivity index (χ4v) is 4.27. The highest BCUT2D eigenvalue weighted by Crippen LogP contribution is 2.33. The lowest BCUT2D eigenvalue weighted by Crippen LogP contribution is -2.44. The van der Waals surface area contributed by atoms with Crippen LogP contribution in [0.2, 0.25) is 0 Å². The molecule has 0 aliphatic carbocycles. The van der Waals surface area contributed by atoms with Gasteiger partial charge in [-0.05, 0) is 48.9 Å². The smallest absolute Gasteiger partial charge is 0.354 e. The molecule has 0 spiro atoms. The standard InChI is InChI=1S/C27H26F3N5O/c1-2-18-9-11-21(12-10-18)22-16-24(34-26(33-22)27(28,29)30)35-15-3-4-23(35)25(36)32-14-13-19-5-7-20(17-31)8-6-19/h5-12,16,23H,2-4,13-15H2,1H3,(H,32,36)/t23-/m0/s1. The van der Waals surface area contributed by atoms with E-state index in [4.69, 9.17) is 5.26 Å². The van der Waals surface area contributed by atoms with Gasteiger partial charge >= 0.3 is 6.18 Å². The van der Waals surface area contributed by atoms with Crippen molar-refractivity contribution < 1.29 is 18.0 Å². The lowest BCUT2D eigenvalue weighted by molar-refractivity contribution is -0.144. The maximum atomic E-state index is 13.7. The second-order valence-corrected chi connectivity index (χ2v) is 8.68. The Hall–Kier alpha value is -3.93. The molecule has 1 N–H and O–H groups in total. The Labute approximate surface area is 207 Å². The minimum atomic E-state index is -4.72. The van der Waals surface area contributed by atoms with Crippen molar-refractivity contribution in [1.29, 1.82) is 5.26 Å². The van der Waals surface area contributed by atoms with Gasteiger partial charge in [-0.1, -0.05) is 43.3 Å². The van der Waals surface area contributed by atoms with E-state index in [1.165, 1.54) is 6.07 Å². The summed E-state index contributed by atoms with van der Waals surface area (Å²) < 4.78 is 41.0. The summed E-state index contributed by atoms with van der Waals surface area (Å²) in [4.78, 5) is 22.2. The minimum absolute atomic E-state index is 0.0941. The summed E-state index contributed by atoms with van der Waals surface area (Å²) >= 11 is 0. The summed E-state index contributed by atoms with van der Waals surface area (Å²) in [6.07, 6.45) is -2.13. The van der Waals surface area contributed by atoms with Gasteiger partial charge in [-0.15, -0.1) is 0 Å². The molecule has 1 aliphatic heterocycles. The summed E-state index contributed by atoms with van der Waals surface area (Å²) in [5.41, 5.74) is 3.34. The number of aromatic nitrogens is 2. The van der Waals surface area contributed by atoms with Crippen molar-refractivity contribution in [3.8, 4) is 17.3 Å². The first-order valence-electron chi connectivity index (χ1n) is 11.9. The molecule has 9 heteroatoms. The molecule has 4 rings (SSSR count). The largest absolute Gasteiger partial charge is 0.451 e. The van der Waals surface area contributed by atoms with Crippen molar-refractivity contribution in [1.82, 2.24) is 15.3 Å². The van der Waals surface area contributed by atoms with Gasteiger partial charge in [0.25, 0.3) is 0 Å². The molecule has 1 fully saturated rings. The number of nitrogens with one attached hydrogen (secondary N) is 1. The van der Waals surface area contributed by atoms with E-state index >= 15 is 0 Å². The molecular formula is C27H26F3N5O. The van der Waals surface area contributed by atoms with Gasteiger partial charge in [0.1, 0.15) is 11.9 Å². The lowest BCUT2D eigenvalue weighted by Gasteiger charge is -2.26. The van der Waals surface area contributed by atoms with E-state index in [1.54, 1.807) is 29.2 Å². The number of alkyl halides is 3. The monoisotopic (exact) mass is 493 g/mol. The van der Waals surface area contributed by atoms with E-state index in [0.717, 1.165) is 17.5 Å². The number of hydrogen-bond donors (Lipinski definition) is 1. The van der Waals surface area contributed by atoms with Gasteiger partial charge in [0.05, 0.1) is 17.3 Å². The topological polar surface area (TPSA) is 81.9 Å². The normalized spacial score (nSPS) is 15.5. The van der Waals surface area contributed by atoms with Crippen LogP contribution in [-0.2, 0) is 23.8 Å². The summed E-state index contributed by atoms with van der Waals surface area (Å²) in [6, 6.07) is 17.3. The quantitative estimate of drug-likeness (QED) is 0.505. The summed E-state index contributed by atoms with van der Waals surface area (Å²) in [7, 11) is 0. The SMILES string of the molecule is CCc1ccc(-c2cc(N3CCC[C@H]3C(=O)NCCc3ccc(C#N)cc3)nc(C(F)(F)F)n2)cc1. The number of carbonyl (C=O) groups excluding carboxylic acids is 1. The number of amides is 1. The lowest BCUT2D eigenvalue weighted by atomic mass is 10.1. The van der Waals surface area contributed by atoms with Gasteiger partial charge < -0.3 is 10.2 Å². The van der Waals surface area contributed by atoms with Gasteiger partial charge in [0.15, 0.2) is 0 Å². The van der Waals surface area contributed by atoms with E-state index < -0.39 is 18.0 Å². The van der Waals surface area contributed by atoms with Gasteiger partial charge in [-0.3, -0.25) is 4.79 Å². The molecule has 186 valence electrons. The van der Waals surface area contributed by atoms with E-state index in [-0.39, 0.29) is 17.4 Å². The predicted molar refractivity (Wildman–Crippen MR) is 130 cm³/mol. The fraction of sp³-hybridized carbons (Fsp3) is 0.333. The molecule has 1 atom stereocenters. The third-order valence-electron chi connectivity index (χ3n) is 6.27. The summed E-state index contributed by atoms with van der Waals surface area (Å²) in [5, 5.41) is 11.8. The first-order valence-corrected chi connectivity index (χ1v) is 11.9. The van der Waals surface area contributed by atoms with Crippen molar-refractivity contribution in [3.05, 3.63) is 77.1 Å². The maximum Gasteiger partial charge on any atom is 0.451 e. The Balaban J connectivity index is 1.52. The zero-order valence-corrected chi connectivity index (χ0v) is 19.8. The Kier molecular flexibility index (Phi) is 7.53. The van der Waals surface area contributed by atoms with Gasteiger partial charge in [-0.25, -0.2) is 9.97 Å². The van der Waals surface area contributed by atoms with Crippen LogP contribution in [0, 0.1) is 11.3 Å². The minimum Gasteiger partial charge on any atom is -0.354 e. The van der Waals surface area contributed by atoms with Crippen LogP contribution in [0.3, 0.4) is 0 Å². The van der Waals surface area contributed by atoms with E-state index in [1.807, 2.05) is 31.2 Å². The fourth-order valence-electron chi connectivity index (χ4n) is 4.27. The third kappa shape index (κ3) is 5.82. The highest BCUT2D eigenvalue weighted by molar-refractivity contribution is 5.85. The molecule has 0 unspecified atom stereocenters. The first-order chi connectivity index (χ1) is 17.3. The number of halogens is 3. The Morgan fingerprint density at radius 3 is 2.44 bits per heavy atom. The summed E-state index contributed by atoms with van der Waals surface area (Å²) in [5.74, 6) is -1.37. The molecule has 2 heterocycles. The van der Waals surface area contributed by atoms with Crippen LogP contribution in [0.25, 0.3) is 11.3 Å². The number of anilines is 1. The molecule has 1 saturated heterocycles. The molecule has 3 aromatic rings. The van der Waals surface area contributed by atoms with Crippen LogP contribution in [0.4, 0.5) is 19.0 Å². The van der Waals surface area contributed by atoms with E-state index in [0.29, 0.717) is 43.5 Å². The zero-order valence-electron chi connectivity index (χ0n) is 19.8. The molecule has 0 saturated carbocycles. The molecule has 1 amide bonds. The van der Waals surface area contributed by atoms with Crippen LogP contribution in [-0.4, -0.2) is 35.0 Å². The molecule has 2 aromatic carbocycles. The van der Waals surface area contributed by atoms with Crippen molar-refractivity contribution >= 4 is 11.7 Å². The van der Waals surface area contributed by atoms with Crippen LogP contribution < -0.4 is 10.2 Å². The molecule has 36 heavy (non-hydrogen) atoms. The second kappa shape index (κ2) is 10.8. The number of nitrogens with zero attached hydrogens (tertiary/aromatic N) is 4. The maximum absolute atomic E-state index is 13.7. The third-order valence-corrected chi connectivity index (χ3v) is 6.27. The van der Waals surface area contributed by atoms with Gasteiger partial charge in [0.2, 0.25) is 11.7 Å².